The second-order valence-electron chi connectivity index (χ2n) is 3.80. The van der Waals surface area contributed by atoms with Crippen LogP contribution in [0.25, 0.3) is 22.7 Å². The average Bonchev–Trinajstić information content (AvgIpc) is 2.84. The molecule has 0 aliphatic heterocycles. The minimum absolute atomic E-state index is 0.605. The highest BCUT2D eigenvalue weighted by Crippen LogP contribution is 2.19. The Hall–Kier alpha value is -2.17. The number of hydrogen-bond acceptors (Lipinski definition) is 3. The van der Waals surface area contributed by atoms with Crippen molar-refractivity contribution in [2.24, 2.45) is 0 Å². The molecule has 16 heavy (non-hydrogen) atoms. The summed E-state index contributed by atoms with van der Waals surface area (Å²) in [6, 6.07) is 6.04. The van der Waals surface area contributed by atoms with E-state index in [1.165, 1.54) is 0 Å². The molecule has 80 valence electrons. The van der Waals surface area contributed by atoms with E-state index in [9.17, 15) is 0 Å². The second-order valence-corrected chi connectivity index (χ2v) is 3.80. The number of fused-ring (bicyclic) bond motifs is 1. The van der Waals surface area contributed by atoms with Crippen LogP contribution < -0.4 is 0 Å². The molecule has 0 spiro atoms. The Balaban J connectivity index is 2.22. The molecule has 0 amide bonds. The molecule has 2 aromatic heterocycles. The third-order valence-electron chi connectivity index (χ3n) is 2.52. The molecule has 0 saturated carbocycles. The number of benzene rings is 1. The summed E-state index contributed by atoms with van der Waals surface area (Å²) in [5, 5.41) is 6.89. The van der Waals surface area contributed by atoms with Gasteiger partial charge in [-0.15, -0.1) is 0 Å². The second kappa shape index (κ2) is 3.16. The molecule has 0 saturated heterocycles. The standard InChI is InChI=1S/C11H11N5/c1-6-4-3-5-8-9(6)14-10(13-8)11-12-7(2)15-16-11/h3-5H,1-2H3,(H,13,14)(H,12,15,16). The monoisotopic (exact) mass is 213 g/mol. The normalized spacial score (nSPS) is 11.1. The summed E-state index contributed by atoms with van der Waals surface area (Å²) < 4.78 is 0. The molecule has 2 heterocycles. The zero-order valence-corrected chi connectivity index (χ0v) is 9.07. The maximum atomic E-state index is 4.50. The first-order valence-corrected chi connectivity index (χ1v) is 5.09. The Labute approximate surface area is 91.9 Å². The number of hydrogen-bond donors (Lipinski definition) is 2. The fourth-order valence-electron chi connectivity index (χ4n) is 1.73. The summed E-state index contributed by atoms with van der Waals surface area (Å²) in [6.45, 7) is 3.90. The molecule has 0 atom stereocenters. The van der Waals surface area contributed by atoms with Crippen LogP contribution in [0, 0.1) is 13.8 Å². The number of nitrogens with zero attached hydrogens (tertiary/aromatic N) is 3. The Kier molecular flexibility index (Phi) is 1.80. The van der Waals surface area contributed by atoms with Gasteiger partial charge in [-0.2, -0.15) is 5.10 Å². The topological polar surface area (TPSA) is 70.2 Å². The lowest BCUT2D eigenvalue weighted by Gasteiger charge is -1.90. The molecule has 5 nitrogen and oxygen atoms in total. The van der Waals surface area contributed by atoms with E-state index in [1.54, 1.807) is 0 Å². The van der Waals surface area contributed by atoms with Crippen LogP contribution in [0.2, 0.25) is 0 Å². The maximum absolute atomic E-state index is 4.50. The van der Waals surface area contributed by atoms with Crippen LogP contribution >= 0.6 is 0 Å². The van der Waals surface area contributed by atoms with Gasteiger partial charge in [-0.25, -0.2) is 9.97 Å². The van der Waals surface area contributed by atoms with Crippen LogP contribution in [0.3, 0.4) is 0 Å². The first-order valence-electron chi connectivity index (χ1n) is 5.09. The fraction of sp³-hybridized carbons (Fsp3) is 0.182. The lowest BCUT2D eigenvalue weighted by atomic mass is 10.2. The van der Waals surface area contributed by atoms with Crippen LogP contribution in [0.1, 0.15) is 11.4 Å². The predicted molar refractivity (Wildman–Crippen MR) is 60.9 cm³/mol. The predicted octanol–water partition coefficient (Wildman–Crippen LogP) is 1.96. The molecule has 3 aromatic rings. The van der Waals surface area contributed by atoms with Gasteiger partial charge in [0, 0.05) is 0 Å². The third-order valence-corrected chi connectivity index (χ3v) is 2.52. The highest BCUT2D eigenvalue weighted by Gasteiger charge is 2.10. The van der Waals surface area contributed by atoms with Crippen molar-refractivity contribution in [1.29, 1.82) is 0 Å². The van der Waals surface area contributed by atoms with Crippen LogP contribution in [0.15, 0.2) is 18.2 Å². The number of aromatic nitrogens is 5. The molecule has 0 fully saturated rings. The Bertz CT molecular complexity index is 649. The van der Waals surface area contributed by atoms with E-state index in [1.807, 2.05) is 32.0 Å². The van der Waals surface area contributed by atoms with E-state index in [4.69, 9.17) is 0 Å². The van der Waals surface area contributed by atoms with E-state index in [2.05, 4.69) is 25.1 Å². The smallest absolute Gasteiger partial charge is 0.217 e. The van der Waals surface area contributed by atoms with Crippen LogP contribution in [0.5, 0.6) is 0 Å². The van der Waals surface area contributed by atoms with Gasteiger partial charge in [0.2, 0.25) is 5.82 Å². The summed E-state index contributed by atoms with van der Waals surface area (Å²) in [6.07, 6.45) is 0. The van der Waals surface area contributed by atoms with Crippen molar-refractivity contribution in [3.05, 3.63) is 29.6 Å². The quantitative estimate of drug-likeness (QED) is 0.649. The summed E-state index contributed by atoms with van der Waals surface area (Å²) in [4.78, 5) is 12.0. The largest absolute Gasteiger partial charge is 0.335 e. The van der Waals surface area contributed by atoms with Crippen LogP contribution in [0.4, 0.5) is 0 Å². The molecule has 0 unspecified atom stereocenters. The molecule has 2 N–H and O–H groups in total. The molecule has 1 aromatic carbocycles. The van der Waals surface area contributed by atoms with Gasteiger partial charge in [0.05, 0.1) is 11.0 Å². The van der Waals surface area contributed by atoms with E-state index in [0.717, 1.165) is 22.4 Å². The van der Waals surface area contributed by atoms with Crippen LogP contribution in [-0.2, 0) is 0 Å². The lowest BCUT2D eigenvalue weighted by Crippen LogP contribution is -1.82. The summed E-state index contributed by atoms with van der Waals surface area (Å²) in [5.41, 5.74) is 3.13. The average molecular weight is 213 g/mol. The Morgan fingerprint density at radius 3 is 2.69 bits per heavy atom. The number of aromatic amines is 2. The minimum Gasteiger partial charge on any atom is -0.335 e. The van der Waals surface area contributed by atoms with Crippen molar-refractivity contribution in [1.82, 2.24) is 25.1 Å². The molecule has 0 aliphatic rings. The molecule has 0 bridgehead atoms. The Morgan fingerprint density at radius 1 is 1.12 bits per heavy atom. The highest BCUT2D eigenvalue weighted by molar-refractivity contribution is 5.81. The first kappa shape index (κ1) is 9.08. The summed E-state index contributed by atoms with van der Waals surface area (Å²) >= 11 is 0. The highest BCUT2D eigenvalue weighted by atomic mass is 15.2. The third kappa shape index (κ3) is 1.29. The van der Waals surface area contributed by atoms with Crippen molar-refractivity contribution in [2.45, 2.75) is 13.8 Å². The van der Waals surface area contributed by atoms with Gasteiger partial charge in [0.25, 0.3) is 0 Å². The SMILES string of the molecule is Cc1nc(-c2nc3c(C)cccc3[nH]2)n[nH]1. The molecule has 3 rings (SSSR count). The van der Waals surface area contributed by atoms with E-state index in [0.29, 0.717) is 11.6 Å². The maximum Gasteiger partial charge on any atom is 0.217 e. The van der Waals surface area contributed by atoms with Crippen molar-refractivity contribution < 1.29 is 0 Å². The van der Waals surface area contributed by atoms with Crippen molar-refractivity contribution in [3.63, 3.8) is 0 Å². The van der Waals surface area contributed by atoms with Crippen LogP contribution in [-0.4, -0.2) is 25.1 Å². The zero-order valence-electron chi connectivity index (χ0n) is 9.07. The lowest BCUT2D eigenvalue weighted by molar-refractivity contribution is 1.04. The number of rotatable bonds is 1. The van der Waals surface area contributed by atoms with Crippen molar-refractivity contribution >= 4 is 11.0 Å². The van der Waals surface area contributed by atoms with E-state index >= 15 is 0 Å². The van der Waals surface area contributed by atoms with Gasteiger partial charge in [0.15, 0.2) is 5.82 Å². The van der Waals surface area contributed by atoms with Crippen molar-refractivity contribution in [2.75, 3.05) is 0 Å². The number of imidazole rings is 1. The van der Waals surface area contributed by atoms with Crippen molar-refractivity contribution in [3.8, 4) is 11.6 Å². The van der Waals surface area contributed by atoms with Gasteiger partial charge in [-0.3, -0.25) is 5.10 Å². The minimum atomic E-state index is 0.605. The number of H-pyrrole nitrogens is 2. The van der Waals surface area contributed by atoms with E-state index in [-0.39, 0.29) is 0 Å². The molecule has 0 radical (unpaired) electrons. The van der Waals surface area contributed by atoms with Gasteiger partial charge in [0.1, 0.15) is 5.82 Å². The van der Waals surface area contributed by atoms with Gasteiger partial charge in [-0.05, 0) is 25.5 Å². The number of nitrogens with one attached hydrogen (secondary N) is 2. The van der Waals surface area contributed by atoms with Gasteiger partial charge >= 0.3 is 0 Å². The number of para-hydroxylation sites is 1. The number of aryl methyl sites for hydroxylation is 2. The summed E-state index contributed by atoms with van der Waals surface area (Å²) in [7, 11) is 0. The van der Waals surface area contributed by atoms with E-state index < -0.39 is 0 Å². The zero-order chi connectivity index (χ0) is 11.1. The van der Waals surface area contributed by atoms with Gasteiger partial charge in [-0.1, -0.05) is 12.1 Å². The molecular weight excluding hydrogens is 202 g/mol. The Morgan fingerprint density at radius 2 is 2.00 bits per heavy atom. The first-order chi connectivity index (χ1) is 7.74. The molecule has 0 aliphatic carbocycles. The molecule has 5 heteroatoms. The molecular formula is C11H11N5. The summed E-state index contributed by atoms with van der Waals surface area (Å²) in [5.74, 6) is 2.09. The fourth-order valence-corrected chi connectivity index (χ4v) is 1.73. The van der Waals surface area contributed by atoms with Gasteiger partial charge < -0.3 is 4.98 Å².